The van der Waals surface area contributed by atoms with E-state index in [4.69, 9.17) is 5.26 Å². The minimum atomic E-state index is -0.327. The number of nitriles is 1. The van der Waals surface area contributed by atoms with Crippen molar-refractivity contribution in [3.05, 3.63) is 41.5 Å². The Balaban J connectivity index is 2.51. The molecule has 17 heavy (non-hydrogen) atoms. The highest BCUT2D eigenvalue weighted by Crippen LogP contribution is 2.08. The van der Waals surface area contributed by atoms with Gasteiger partial charge in [-0.1, -0.05) is 6.08 Å². The fourth-order valence-corrected chi connectivity index (χ4v) is 1.23. The lowest BCUT2D eigenvalue weighted by atomic mass is 10.2. The monoisotopic (exact) mass is 230 g/mol. The number of benzene rings is 1. The predicted molar refractivity (Wildman–Crippen MR) is 65.4 cm³/mol. The highest BCUT2D eigenvalue weighted by Gasteiger charge is 2.01. The summed E-state index contributed by atoms with van der Waals surface area (Å²) in [6.45, 7) is 2.24. The van der Waals surface area contributed by atoms with Crippen LogP contribution in [-0.2, 0) is 9.53 Å². The Morgan fingerprint density at radius 1 is 1.47 bits per heavy atom. The summed E-state index contributed by atoms with van der Waals surface area (Å²) >= 11 is 0. The van der Waals surface area contributed by atoms with Crippen molar-refractivity contribution >= 4 is 11.7 Å². The summed E-state index contributed by atoms with van der Waals surface area (Å²) in [4.78, 5) is 11.1. The van der Waals surface area contributed by atoms with Crippen molar-refractivity contribution < 1.29 is 9.53 Å². The van der Waals surface area contributed by atoms with Crippen LogP contribution >= 0.6 is 0 Å². The molecule has 1 N–H and O–H groups in total. The van der Waals surface area contributed by atoms with Crippen LogP contribution in [0.3, 0.4) is 0 Å². The highest BCUT2D eigenvalue weighted by atomic mass is 16.5. The van der Waals surface area contributed by atoms with Crippen molar-refractivity contribution in [2.24, 2.45) is 0 Å². The van der Waals surface area contributed by atoms with Gasteiger partial charge in [0, 0.05) is 17.8 Å². The van der Waals surface area contributed by atoms with Crippen molar-refractivity contribution in [2.45, 2.75) is 6.92 Å². The smallest absolute Gasteiger partial charge is 0.333 e. The van der Waals surface area contributed by atoms with E-state index in [1.807, 2.05) is 12.1 Å². The molecule has 0 aliphatic heterocycles. The zero-order chi connectivity index (χ0) is 12.7. The van der Waals surface area contributed by atoms with E-state index >= 15 is 0 Å². The second kappa shape index (κ2) is 6.33. The van der Waals surface area contributed by atoms with Gasteiger partial charge in [0.1, 0.15) is 0 Å². The molecule has 0 aliphatic rings. The van der Waals surface area contributed by atoms with Crippen LogP contribution in [0.5, 0.6) is 0 Å². The Labute approximate surface area is 101 Å². The molecule has 4 heteroatoms. The van der Waals surface area contributed by atoms with Crippen molar-refractivity contribution in [3.8, 4) is 6.07 Å². The summed E-state index contributed by atoms with van der Waals surface area (Å²) in [5, 5.41) is 11.7. The van der Waals surface area contributed by atoms with E-state index in [1.54, 1.807) is 25.1 Å². The maximum absolute atomic E-state index is 11.1. The summed E-state index contributed by atoms with van der Waals surface area (Å²) in [6, 6.07) is 9.16. The first-order valence-corrected chi connectivity index (χ1v) is 5.16. The van der Waals surface area contributed by atoms with Gasteiger partial charge in [0.15, 0.2) is 0 Å². The van der Waals surface area contributed by atoms with Gasteiger partial charge in [-0.3, -0.25) is 0 Å². The SMILES string of the molecule is COC(=O)/C(C)=C/CNc1ccc(C#N)cc1. The van der Waals surface area contributed by atoms with Gasteiger partial charge in [0.2, 0.25) is 0 Å². The highest BCUT2D eigenvalue weighted by molar-refractivity contribution is 5.87. The van der Waals surface area contributed by atoms with Crippen LogP contribution in [-0.4, -0.2) is 19.6 Å². The second-order valence-electron chi connectivity index (χ2n) is 3.45. The van der Waals surface area contributed by atoms with E-state index in [0.717, 1.165) is 5.69 Å². The van der Waals surface area contributed by atoms with E-state index in [-0.39, 0.29) is 5.97 Å². The standard InChI is InChI=1S/C13H14N2O2/c1-10(13(16)17-2)7-8-15-12-5-3-11(9-14)4-6-12/h3-7,15H,8H2,1-2H3/b10-7+. The number of rotatable bonds is 4. The minimum Gasteiger partial charge on any atom is -0.466 e. The molecule has 0 unspecified atom stereocenters. The molecular formula is C13H14N2O2. The Hall–Kier alpha value is -2.28. The lowest BCUT2D eigenvalue weighted by molar-refractivity contribution is -0.136. The molecule has 0 spiro atoms. The molecule has 0 saturated heterocycles. The number of hydrogen-bond acceptors (Lipinski definition) is 4. The third-order valence-corrected chi connectivity index (χ3v) is 2.24. The Kier molecular flexibility index (Phi) is 4.77. The van der Waals surface area contributed by atoms with Gasteiger partial charge < -0.3 is 10.1 Å². The van der Waals surface area contributed by atoms with E-state index in [2.05, 4.69) is 16.1 Å². The van der Waals surface area contributed by atoms with Crippen molar-refractivity contribution in [1.29, 1.82) is 5.26 Å². The molecule has 1 aromatic carbocycles. The number of hydrogen-bond donors (Lipinski definition) is 1. The normalized spacial score (nSPS) is 10.5. The number of carbonyl (C=O) groups is 1. The van der Waals surface area contributed by atoms with Crippen molar-refractivity contribution in [3.63, 3.8) is 0 Å². The fourth-order valence-electron chi connectivity index (χ4n) is 1.23. The topological polar surface area (TPSA) is 62.1 Å². The van der Waals surface area contributed by atoms with Crippen LogP contribution in [0.4, 0.5) is 5.69 Å². The van der Waals surface area contributed by atoms with E-state index in [1.165, 1.54) is 7.11 Å². The third kappa shape index (κ3) is 3.99. The summed E-state index contributed by atoms with van der Waals surface area (Å²) in [7, 11) is 1.35. The van der Waals surface area contributed by atoms with Gasteiger partial charge in [0.05, 0.1) is 18.7 Å². The van der Waals surface area contributed by atoms with Crippen LogP contribution in [0.15, 0.2) is 35.9 Å². The number of nitrogens with one attached hydrogen (secondary N) is 1. The van der Waals surface area contributed by atoms with Crippen LogP contribution < -0.4 is 5.32 Å². The molecule has 0 atom stereocenters. The summed E-state index contributed by atoms with van der Waals surface area (Å²) in [6.07, 6.45) is 1.75. The molecule has 88 valence electrons. The Morgan fingerprint density at radius 3 is 2.65 bits per heavy atom. The zero-order valence-electron chi connectivity index (χ0n) is 9.86. The number of methoxy groups -OCH3 is 1. The van der Waals surface area contributed by atoms with Gasteiger partial charge in [0.25, 0.3) is 0 Å². The maximum atomic E-state index is 11.1. The van der Waals surface area contributed by atoms with E-state index in [0.29, 0.717) is 17.7 Å². The van der Waals surface area contributed by atoms with Gasteiger partial charge in [-0.15, -0.1) is 0 Å². The molecule has 0 amide bonds. The molecule has 0 aliphatic carbocycles. The average molecular weight is 230 g/mol. The van der Waals surface area contributed by atoms with Crippen LogP contribution in [0, 0.1) is 11.3 Å². The van der Waals surface area contributed by atoms with E-state index < -0.39 is 0 Å². The molecule has 0 heterocycles. The minimum absolute atomic E-state index is 0.327. The van der Waals surface area contributed by atoms with Crippen molar-refractivity contribution in [2.75, 3.05) is 19.0 Å². The summed E-state index contributed by atoms with van der Waals surface area (Å²) in [5.41, 5.74) is 2.09. The van der Waals surface area contributed by atoms with Crippen LogP contribution in [0.2, 0.25) is 0 Å². The Bertz CT molecular complexity index is 455. The summed E-state index contributed by atoms with van der Waals surface area (Å²) in [5.74, 6) is -0.327. The molecule has 0 radical (unpaired) electrons. The second-order valence-corrected chi connectivity index (χ2v) is 3.45. The molecule has 1 rings (SSSR count). The lowest BCUT2D eigenvalue weighted by Gasteiger charge is -2.04. The average Bonchev–Trinajstić information content (AvgIpc) is 2.38. The largest absolute Gasteiger partial charge is 0.466 e. The first-order chi connectivity index (χ1) is 8.17. The molecule has 0 aromatic heterocycles. The van der Waals surface area contributed by atoms with Crippen LogP contribution in [0.1, 0.15) is 12.5 Å². The predicted octanol–water partition coefficient (Wildman–Crippen LogP) is 2.09. The summed E-state index contributed by atoms with van der Waals surface area (Å²) < 4.78 is 4.57. The number of esters is 1. The number of ether oxygens (including phenoxy) is 1. The van der Waals surface area contributed by atoms with Gasteiger partial charge in [-0.05, 0) is 31.2 Å². The molecule has 0 fully saturated rings. The molecule has 1 aromatic rings. The van der Waals surface area contributed by atoms with E-state index in [9.17, 15) is 4.79 Å². The number of nitrogens with zero attached hydrogens (tertiary/aromatic N) is 1. The zero-order valence-corrected chi connectivity index (χ0v) is 9.86. The first kappa shape index (κ1) is 12.8. The van der Waals surface area contributed by atoms with Gasteiger partial charge in [-0.2, -0.15) is 5.26 Å². The molecular weight excluding hydrogens is 216 g/mol. The fraction of sp³-hybridized carbons (Fsp3) is 0.231. The molecule has 0 saturated carbocycles. The number of anilines is 1. The maximum Gasteiger partial charge on any atom is 0.333 e. The van der Waals surface area contributed by atoms with Gasteiger partial charge in [-0.25, -0.2) is 4.79 Å². The first-order valence-electron chi connectivity index (χ1n) is 5.16. The molecule has 0 bridgehead atoms. The quantitative estimate of drug-likeness (QED) is 0.635. The number of carbonyl (C=O) groups excluding carboxylic acids is 1. The lowest BCUT2D eigenvalue weighted by Crippen LogP contribution is -2.05. The van der Waals surface area contributed by atoms with Crippen molar-refractivity contribution in [1.82, 2.24) is 0 Å². The van der Waals surface area contributed by atoms with Crippen LogP contribution in [0.25, 0.3) is 0 Å². The van der Waals surface area contributed by atoms with Gasteiger partial charge >= 0.3 is 5.97 Å². The molecule has 4 nitrogen and oxygen atoms in total. The third-order valence-electron chi connectivity index (χ3n) is 2.24. The Morgan fingerprint density at radius 2 is 2.12 bits per heavy atom.